The smallest absolute Gasteiger partial charge is 0.224 e. The maximum Gasteiger partial charge on any atom is 0.224 e. The third-order valence-corrected chi connectivity index (χ3v) is 4.05. The van der Waals surface area contributed by atoms with Crippen molar-refractivity contribution in [2.75, 3.05) is 39.9 Å². The molecule has 2 fully saturated rings. The maximum absolute atomic E-state index is 12.0. The molecule has 1 saturated heterocycles. The summed E-state index contributed by atoms with van der Waals surface area (Å²) in [6.45, 7) is 4.02. The van der Waals surface area contributed by atoms with Gasteiger partial charge in [0.25, 0.3) is 0 Å². The lowest BCUT2D eigenvalue weighted by Gasteiger charge is -2.29. The summed E-state index contributed by atoms with van der Waals surface area (Å²) in [5, 5.41) is 3.25. The lowest BCUT2D eigenvalue weighted by molar-refractivity contribution is -0.133. The van der Waals surface area contributed by atoms with Crippen LogP contribution in [0.3, 0.4) is 0 Å². The van der Waals surface area contributed by atoms with Gasteiger partial charge in [-0.2, -0.15) is 0 Å². The van der Waals surface area contributed by atoms with Crippen LogP contribution in [0.15, 0.2) is 0 Å². The van der Waals surface area contributed by atoms with Crippen molar-refractivity contribution in [1.29, 1.82) is 0 Å². The number of nitrogens with zero attached hydrogens (tertiary/aromatic N) is 1. The summed E-state index contributed by atoms with van der Waals surface area (Å²) in [6, 6.07) is 0. The number of hydrogen-bond donors (Lipinski definition) is 1. The summed E-state index contributed by atoms with van der Waals surface area (Å²) in [5.41, 5.74) is 0. The van der Waals surface area contributed by atoms with Crippen LogP contribution in [0.4, 0.5) is 0 Å². The molecule has 0 spiro atoms. The molecule has 1 amide bonds. The van der Waals surface area contributed by atoms with Gasteiger partial charge in [-0.1, -0.05) is 0 Å². The van der Waals surface area contributed by atoms with Gasteiger partial charge in [-0.3, -0.25) is 4.79 Å². The van der Waals surface area contributed by atoms with Crippen LogP contribution in [0, 0.1) is 0 Å². The Hall–Kier alpha value is -0.650. The van der Waals surface area contributed by atoms with Gasteiger partial charge < -0.3 is 19.7 Å². The second-order valence-electron chi connectivity index (χ2n) is 5.40. The molecule has 5 heteroatoms. The van der Waals surface area contributed by atoms with Crippen molar-refractivity contribution in [2.24, 2.45) is 0 Å². The molecular weight excluding hydrogens is 244 g/mol. The Morgan fingerprint density at radius 1 is 1.26 bits per heavy atom. The van der Waals surface area contributed by atoms with Crippen LogP contribution >= 0.6 is 0 Å². The van der Waals surface area contributed by atoms with Crippen molar-refractivity contribution < 1.29 is 14.3 Å². The molecule has 110 valence electrons. The van der Waals surface area contributed by atoms with Crippen LogP contribution in [0.2, 0.25) is 0 Å². The summed E-state index contributed by atoms with van der Waals surface area (Å²) in [4.78, 5) is 13.9. The quantitative estimate of drug-likeness (QED) is 0.802. The molecule has 0 radical (unpaired) electrons. The Balaban J connectivity index is 1.61. The number of piperazine rings is 1. The second kappa shape index (κ2) is 7.82. The highest BCUT2D eigenvalue weighted by Crippen LogP contribution is 2.23. The summed E-state index contributed by atoms with van der Waals surface area (Å²) in [5.74, 6) is 0.223. The number of hydrogen-bond acceptors (Lipinski definition) is 4. The van der Waals surface area contributed by atoms with Crippen LogP contribution in [0.25, 0.3) is 0 Å². The van der Waals surface area contributed by atoms with Gasteiger partial charge in [-0.15, -0.1) is 0 Å². The Morgan fingerprint density at radius 3 is 2.74 bits per heavy atom. The minimum atomic E-state index is 0.223. The van der Waals surface area contributed by atoms with E-state index in [-0.39, 0.29) is 12.0 Å². The molecule has 0 aromatic carbocycles. The Labute approximate surface area is 115 Å². The zero-order valence-electron chi connectivity index (χ0n) is 11.9. The number of rotatable bonds is 5. The van der Waals surface area contributed by atoms with Crippen molar-refractivity contribution in [3.05, 3.63) is 0 Å². The molecule has 2 rings (SSSR count). The predicted octanol–water partition coefficient (Wildman–Crippen LogP) is 0.783. The summed E-state index contributed by atoms with van der Waals surface area (Å²) >= 11 is 0. The van der Waals surface area contributed by atoms with E-state index in [9.17, 15) is 4.79 Å². The van der Waals surface area contributed by atoms with Gasteiger partial charge in [0.15, 0.2) is 0 Å². The SMILES string of the molecule is COC1CCCC(OCCC(=O)N2CCNCC2)C1. The lowest BCUT2D eigenvalue weighted by Crippen LogP contribution is -2.46. The van der Waals surface area contributed by atoms with E-state index in [1.807, 2.05) is 4.90 Å². The van der Waals surface area contributed by atoms with E-state index in [1.54, 1.807) is 7.11 Å². The number of amides is 1. The first-order valence-corrected chi connectivity index (χ1v) is 7.42. The lowest BCUT2D eigenvalue weighted by atomic mass is 9.95. The molecule has 1 saturated carbocycles. The van der Waals surface area contributed by atoms with Crippen LogP contribution < -0.4 is 5.32 Å². The topological polar surface area (TPSA) is 50.8 Å². The van der Waals surface area contributed by atoms with Crippen LogP contribution in [0.5, 0.6) is 0 Å². The van der Waals surface area contributed by atoms with E-state index in [4.69, 9.17) is 9.47 Å². The molecule has 0 aromatic heterocycles. The van der Waals surface area contributed by atoms with Gasteiger partial charge in [0, 0.05) is 33.3 Å². The third-order valence-electron chi connectivity index (χ3n) is 4.05. The number of carbonyl (C=O) groups is 1. The van der Waals surface area contributed by atoms with Gasteiger partial charge in [0.2, 0.25) is 5.91 Å². The number of ether oxygens (including phenoxy) is 2. The first kappa shape index (κ1) is 14.8. The Kier molecular flexibility index (Phi) is 6.07. The molecule has 0 bridgehead atoms. The molecule has 2 aliphatic rings. The van der Waals surface area contributed by atoms with E-state index < -0.39 is 0 Å². The minimum absolute atomic E-state index is 0.223. The Bertz CT molecular complexity index is 280. The van der Waals surface area contributed by atoms with E-state index in [0.717, 1.165) is 51.9 Å². The molecule has 1 aliphatic heterocycles. The fourth-order valence-electron chi connectivity index (χ4n) is 2.85. The van der Waals surface area contributed by atoms with Crippen molar-refractivity contribution in [3.63, 3.8) is 0 Å². The summed E-state index contributed by atoms with van der Waals surface area (Å²) in [6.07, 6.45) is 5.48. The van der Waals surface area contributed by atoms with Crippen molar-refractivity contribution in [1.82, 2.24) is 10.2 Å². The fourth-order valence-corrected chi connectivity index (χ4v) is 2.85. The average molecular weight is 270 g/mol. The Morgan fingerprint density at radius 2 is 2.00 bits per heavy atom. The zero-order chi connectivity index (χ0) is 13.5. The van der Waals surface area contributed by atoms with Crippen molar-refractivity contribution >= 4 is 5.91 Å². The molecule has 1 aliphatic carbocycles. The highest BCUT2D eigenvalue weighted by Gasteiger charge is 2.23. The molecule has 0 aromatic rings. The molecule has 2 unspecified atom stereocenters. The number of carbonyl (C=O) groups excluding carboxylic acids is 1. The van der Waals surface area contributed by atoms with Crippen LogP contribution in [0.1, 0.15) is 32.1 Å². The molecular formula is C14H26N2O3. The number of nitrogens with one attached hydrogen (secondary N) is 1. The summed E-state index contributed by atoms with van der Waals surface area (Å²) in [7, 11) is 1.76. The molecule has 19 heavy (non-hydrogen) atoms. The first-order chi connectivity index (χ1) is 9.29. The average Bonchev–Trinajstić information content (AvgIpc) is 2.48. The normalized spacial score (nSPS) is 28.4. The van der Waals surface area contributed by atoms with E-state index in [1.165, 1.54) is 0 Å². The second-order valence-corrected chi connectivity index (χ2v) is 5.40. The third kappa shape index (κ3) is 4.75. The highest BCUT2D eigenvalue weighted by atomic mass is 16.5. The van der Waals surface area contributed by atoms with E-state index in [2.05, 4.69) is 5.32 Å². The first-order valence-electron chi connectivity index (χ1n) is 7.42. The van der Waals surface area contributed by atoms with Gasteiger partial charge >= 0.3 is 0 Å². The highest BCUT2D eigenvalue weighted by molar-refractivity contribution is 5.76. The van der Waals surface area contributed by atoms with Crippen LogP contribution in [-0.4, -0.2) is 62.9 Å². The van der Waals surface area contributed by atoms with Gasteiger partial charge in [0.1, 0.15) is 0 Å². The van der Waals surface area contributed by atoms with E-state index in [0.29, 0.717) is 19.1 Å². The minimum Gasteiger partial charge on any atom is -0.381 e. The van der Waals surface area contributed by atoms with E-state index >= 15 is 0 Å². The number of methoxy groups -OCH3 is 1. The van der Waals surface area contributed by atoms with Crippen LogP contribution in [-0.2, 0) is 14.3 Å². The summed E-state index contributed by atoms with van der Waals surface area (Å²) < 4.78 is 11.2. The monoisotopic (exact) mass is 270 g/mol. The van der Waals surface area contributed by atoms with Gasteiger partial charge in [-0.05, 0) is 25.7 Å². The maximum atomic E-state index is 12.0. The molecule has 1 heterocycles. The molecule has 1 N–H and O–H groups in total. The zero-order valence-corrected chi connectivity index (χ0v) is 11.9. The fraction of sp³-hybridized carbons (Fsp3) is 0.929. The van der Waals surface area contributed by atoms with Crippen molar-refractivity contribution in [2.45, 2.75) is 44.3 Å². The van der Waals surface area contributed by atoms with Gasteiger partial charge in [0.05, 0.1) is 25.2 Å². The van der Waals surface area contributed by atoms with Gasteiger partial charge in [-0.25, -0.2) is 0 Å². The molecule has 5 nitrogen and oxygen atoms in total. The largest absolute Gasteiger partial charge is 0.381 e. The molecule has 2 atom stereocenters. The predicted molar refractivity (Wildman–Crippen MR) is 73.1 cm³/mol. The standard InChI is InChI=1S/C14H26N2O3/c1-18-12-3-2-4-13(11-12)19-10-5-14(17)16-8-6-15-7-9-16/h12-13,15H,2-11H2,1H3. The van der Waals surface area contributed by atoms with Crippen molar-refractivity contribution in [3.8, 4) is 0 Å².